The number of nitrogens with zero attached hydrogens (tertiary/aromatic N) is 5. The molecular formula is C16H15N5OS. The van der Waals surface area contributed by atoms with Gasteiger partial charge in [0.25, 0.3) is 5.91 Å². The summed E-state index contributed by atoms with van der Waals surface area (Å²) in [6.45, 7) is 4.71. The second-order valence-electron chi connectivity index (χ2n) is 5.70. The summed E-state index contributed by atoms with van der Waals surface area (Å²) in [6, 6.07) is 7.88. The van der Waals surface area contributed by atoms with E-state index >= 15 is 0 Å². The SMILES string of the molecule is CC(C)n1cnnc1-c1cccc(N2Cc3ccsc3C2=O)n1. The summed E-state index contributed by atoms with van der Waals surface area (Å²) in [4.78, 5) is 19.7. The second-order valence-corrected chi connectivity index (χ2v) is 6.62. The van der Waals surface area contributed by atoms with Crippen LogP contribution in [-0.2, 0) is 6.54 Å². The van der Waals surface area contributed by atoms with Crippen molar-refractivity contribution in [2.24, 2.45) is 0 Å². The number of anilines is 1. The topological polar surface area (TPSA) is 63.9 Å². The number of aromatic nitrogens is 4. The first kappa shape index (κ1) is 14.1. The van der Waals surface area contributed by atoms with Crippen LogP contribution in [0, 0.1) is 0 Å². The molecule has 3 aromatic rings. The van der Waals surface area contributed by atoms with E-state index in [0.717, 1.165) is 16.1 Å². The molecule has 6 nitrogen and oxygen atoms in total. The van der Waals surface area contributed by atoms with Crippen LogP contribution < -0.4 is 4.90 Å². The summed E-state index contributed by atoms with van der Waals surface area (Å²) < 4.78 is 1.97. The molecular weight excluding hydrogens is 310 g/mol. The quantitative estimate of drug-likeness (QED) is 0.742. The van der Waals surface area contributed by atoms with Crippen molar-refractivity contribution in [1.29, 1.82) is 0 Å². The lowest BCUT2D eigenvalue weighted by Gasteiger charge is -2.16. The van der Waals surface area contributed by atoms with Gasteiger partial charge in [-0.2, -0.15) is 0 Å². The highest BCUT2D eigenvalue weighted by Gasteiger charge is 2.30. The third-order valence-electron chi connectivity index (χ3n) is 3.88. The first-order valence-electron chi connectivity index (χ1n) is 7.40. The lowest BCUT2D eigenvalue weighted by molar-refractivity contribution is 0.0999. The van der Waals surface area contributed by atoms with Gasteiger partial charge in [0.2, 0.25) is 0 Å². The Hall–Kier alpha value is -2.54. The molecule has 4 rings (SSSR count). The molecule has 0 unspecified atom stereocenters. The van der Waals surface area contributed by atoms with Gasteiger partial charge in [0.15, 0.2) is 5.82 Å². The molecule has 116 valence electrons. The Kier molecular flexibility index (Phi) is 3.23. The maximum atomic E-state index is 12.5. The summed E-state index contributed by atoms with van der Waals surface area (Å²) >= 11 is 1.48. The van der Waals surface area contributed by atoms with Gasteiger partial charge in [-0.1, -0.05) is 6.07 Å². The average molecular weight is 325 g/mol. The fraction of sp³-hybridized carbons (Fsp3) is 0.250. The van der Waals surface area contributed by atoms with Gasteiger partial charge in [0, 0.05) is 6.04 Å². The second kappa shape index (κ2) is 5.27. The molecule has 1 aliphatic heterocycles. The third kappa shape index (κ3) is 2.24. The number of hydrogen-bond donors (Lipinski definition) is 0. The highest BCUT2D eigenvalue weighted by molar-refractivity contribution is 7.12. The maximum absolute atomic E-state index is 12.5. The minimum absolute atomic E-state index is 0.0185. The van der Waals surface area contributed by atoms with E-state index in [1.54, 1.807) is 11.2 Å². The third-order valence-corrected chi connectivity index (χ3v) is 4.83. The Labute approximate surface area is 137 Å². The Balaban J connectivity index is 1.72. The smallest absolute Gasteiger partial charge is 0.270 e. The van der Waals surface area contributed by atoms with Crippen LogP contribution in [0.1, 0.15) is 35.1 Å². The van der Waals surface area contributed by atoms with Crippen LogP contribution in [0.5, 0.6) is 0 Å². The van der Waals surface area contributed by atoms with E-state index in [2.05, 4.69) is 29.0 Å². The van der Waals surface area contributed by atoms with Gasteiger partial charge < -0.3 is 4.57 Å². The van der Waals surface area contributed by atoms with Crippen molar-refractivity contribution in [3.05, 3.63) is 46.4 Å². The molecule has 0 N–H and O–H groups in total. The zero-order valence-electron chi connectivity index (χ0n) is 12.8. The van der Waals surface area contributed by atoms with Crippen LogP contribution in [0.2, 0.25) is 0 Å². The largest absolute Gasteiger partial charge is 0.310 e. The number of thiophene rings is 1. The van der Waals surface area contributed by atoms with Crippen molar-refractivity contribution in [3.63, 3.8) is 0 Å². The van der Waals surface area contributed by atoms with Crippen LogP contribution in [0.25, 0.3) is 11.5 Å². The molecule has 0 bridgehead atoms. The van der Waals surface area contributed by atoms with Crippen molar-refractivity contribution in [1.82, 2.24) is 19.7 Å². The summed E-state index contributed by atoms with van der Waals surface area (Å²) in [5.74, 6) is 1.38. The standard InChI is InChI=1S/C16H15N5OS/c1-10(2)21-9-17-19-15(21)12-4-3-5-13(18-12)20-8-11-6-7-23-14(11)16(20)22/h3-7,9-10H,8H2,1-2H3. The Morgan fingerprint density at radius 2 is 2.13 bits per heavy atom. The van der Waals surface area contributed by atoms with Gasteiger partial charge in [-0.15, -0.1) is 21.5 Å². The maximum Gasteiger partial charge on any atom is 0.270 e. The lowest BCUT2D eigenvalue weighted by atomic mass is 10.3. The highest BCUT2D eigenvalue weighted by Crippen LogP contribution is 2.31. The summed E-state index contributed by atoms with van der Waals surface area (Å²) in [5, 5.41) is 10.1. The van der Waals surface area contributed by atoms with Crippen molar-refractivity contribution in [3.8, 4) is 11.5 Å². The predicted octanol–water partition coefficient (Wildman–Crippen LogP) is 3.14. The Bertz CT molecular complexity index is 882. The highest BCUT2D eigenvalue weighted by atomic mass is 32.1. The molecule has 0 aliphatic carbocycles. The Morgan fingerprint density at radius 3 is 2.91 bits per heavy atom. The molecule has 0 fully saturated rings. The van der Waals surface area contributed by atoms with Crippen molar-refractivity contribution in [2.75, 3.05) is 4.90 Å². The number of fused-ring (bicyclic) bond motifs is 1. The number of pyridine rings is 1. The average Bonchev–Trinajstić information content (AvgIpc) is 3.25. The van der Waals surface area contributed by atoms with E-state index in [1.165, 1.54) is 11.3 Å². The molecule has 3 aromatic heterocycles. The summed E-state index contributed by atoms with van der Waals surface area (Å²) in [6.07, 6.45) is 1.70. The summed E-state index contributed by atoms with van der Waals surface area (Å²) in [5.41, 5.74) is 1.79. The minimum atomic E-state index is 0.0185. The van der Waals surface area contributed by atoms with Gasteiger partial charge in [0.05, 0.1) is 11.4 Å². The van der Waals surface area contributed by atoms with Crippen molar-refractivity contribution in [2.45, 2.75) is 26.4 Å². The lowest BCUT2D eigenvalue weighted by Crippen LogP contribution is -2.24. The molecule has 7 heteroatoms. The van der Waals surface area contributed by atoms with Crippen LogP contribution in [0.3, 0.4) is 0 Å². The monoisotopic (exact) mass is 325 g/mol. The van der Waals surface area contributed by atoms with E-state index in [4.69, 9.17) is 0 Å². The number of rotatable bonds is 3. The van der Waals surface area contributed by atoms with E-state index in [-0.39, 0.29) is 11.9 Å². The van der Waals surface area contributed by atoms with E-state index < -0.39 is 0 Å². The van der Waals surface area contributed by atoms with E-state index in [1.807, 2.05) is 34.2 Å². The number of carbonyl (C=O) groups is 1. The molecule has 23 heavy (non-hydrogen) atoms. The van der Waals surface area contributed by atoms with Crippen LogP contribution in [0.4, 0.5) is 5.82 Å². The minimum Gasteiger partial charge on any atom is -0.310 e. The zero-order valence-corrected chi connectivity index (χ0v) is 13.6. The predicted molar refractivity (Wildman–Crippen MR) is 88.5 cm³/mol. The van der Waals surface area contributed by atoms with Crippen molar-refractivity contribution < 1.29 is 4.79 Å². The molecule has 0 aromatic carbocycles. The molecule has 0 radical (unpaired) electrons. The fourth-order valence-electron chi connectivity index (χ4n) is 2.70. The normalized spacial score (nSPS) is 13.9. The molecule has 0 saturated carbocycles. The van der Waals surface area contributed by atoms with E-state index in [0.29, 0.717) is 18.2 Å². The molecule has 0 saturated heterocycles. The van der Waals surface area contributed by atoms with Crippen molar-refractivity contribution >= 4 is 23.1 Å². The molecule has 4 heterocycles. The van der Waals surface area contributed by atoms with Crippen LogP contribution in [0.15, 0.2) is 36.0 Å². The first-order chi connectivity index (χ1) is 11.1. The van der Waals surface area contributed by atoms with Gasteiger partial charge in [0.1, 0.15) is 17.8 Å². The van der Waals surface area contributed by atoms with Gasteiger partial charge >= 0.3 is 0 Å². The number of carbonyl (C=O) groups excluding carboxylic acids is 1. The fourth-order valence-corrected chi connectivity index (χ4v) is 3.56. The molecule has 1 amide bonds. The first-order valence-corrected chi connectivity index (χ1v) is 8.28. The molecule has 1 aliphatic rings. The van der Waals surface area contributed by atoms with Gasteiger partial charge in [-0.25, -0.2) is 4.98 Å². The molecule has 0 spiro atoms. The van der Waals surface area contributed by atoms with Crippen LogP contribution in [-0.4, -0.2) is 25.7 Å². The summed E-state index contributed by atoms with van der Waals surface area (Å²) in [7, 11) is 0. The molecule has 0 atom stereocenters. The van der Waals surface area contributed by atoms with E-state index in [9.17, 15) is 4.79 Å². The van der Waals surface area contributed by atoms with Crippen LogP contribution >= 0.6 is 11.3 Å². The Morgan fingerprint density at radius 1 is 1.26 bits per heavy atom. The number of hydrogen-bond acceptors (Lipinski definition) is 5. The van der Waals surface area contributed by atoms with Gasteiger partial charge in [-0.3, -0.25) is 9.69 Å². The number of amides is 1. The van der Waals surface area contributed by atoms with Gasteiger partial charge in [-0.05, 0) is 43.0 Å². The zero-order chi connectivity index (χ0) is 16.0.